The molecule has 0 unspecified atom stereocenters. The van der Waals surface area contributed by atoms with Crippen molar-refractivity contribution in [1.82, 2.24) is 4.98 Å². The van der Waals surface area contributed by atoms with Crippen molar-refractivity contribution < 1.29 is 5.11 Å². The molecule has 2 nitrogen and oxygen atoms in total. The molecule has 2 heteroatoms. The highest BCUT2D eigenvalue weighted by Crippen LogP contribution is 2.04. The molecule has 0 aliphatic carbocycles. The quantitative estimate of drug-likeness (QED) is 0.657. The molecule has 54 valence electrons. The molecule has 1 aromatic rings. The number of nitrogens with zero attached hydrogens (tertiary/aromatic N) is 1. The summed E-state index contributed by atoms with van der Waals surface area (Å²) in [5.74, 6) is 0. The van der Waals surface area contributed by atoms with Crippen LogP contribution >= 0.6 is 0 Å². The number of aliphatic hydroxyl groups excluding tert-OH is 1. The second-order valence-corrected chi connectivity index (χ2v) is 2.28. The zero-order chi connectivity index (χ0) is 7.40. The van der Waals surface area contributed by atoms with Gasteiger partial charge in [0.25, 0.3) is 0 Å². The smallest absolute Gasteiger partial charge is 0.0471 e. The van der Waals surface area contributed by atoms with Gasteiger partial charge in [0.05, 0.1) is 0 Å². The Morgan fingerprint density at radius 2 is 2.40 bits per heavy atom. The molecule has 0 bridgehead atoms. The van der Waals surface area contributed by atoms with Crippen LogP contribution in [-0.4, -0.2) is 16.7 Å². The summed E-state index contributed by atoms with van der Waals surface area (Å²) < 4.78 is 0. The average Bonchev–Trinajstić information content (AvgIpc) is 1.94. The molecule has 1 heterocycles. The maximum atomic E-state index is 8.62. The van der Waals surface area contributed by atoms with E-state index in [9.17, 15) is 0 Å². The Bertz CT molecular complexity index is 210. The fourth-order valence-electron chi connectivity index (χ4n) is 0.903. The molecule has 10 heavy (non-hydrogen) atoms. The van der Waals surface area contributed by atoms with Crippen LogP contribution in [0, 0.1) is 6.92 Å². The fourth-order valence-corrected chi connectivity index (χ4v) is 0.903. The van der Waals surface area contributed by atoms with E-state index in [1.165, 1.54) is 5.56 Å². The second kappa shape index (κ2) is 3.32. The van der Waals surface area contributed by atoms with Crippen molar-refractivity contribution in [3.8, 4) is 0 Å². The van der Waals surface area contributed by atoms with Crippen molar-refractivity contribution in [3.63, 3.8) is 0 Å². The van der Waals surface area contributed by atoms with Gasteiger partial charge in [0, 0.05) is 19.0 Å². The summed E-state index contributed by atoms with van der Waals surface area (Å²) in [6.45, 7) is 2.21. The molecule has 1 aromatic heterocycles. The lowest BCUT2D eigenvalue weighted by Crippen LogP contribution is -1.93. The number of aromatic nitrogens is 1. The van der Waals surface area contributed by atoms with E-state index in [0.29, 0.717) is 0 Å². The van der Waals surface area contributed by atoms with Gasteiger partial charge in [0.1, 0.15) is 0 Å². The van der Waals surface area contributed by atoms with Crippen LogP contribution in [0.5, 0.6) is 0 Å². The van der Waals surface area contributed by atoms with E-state index in [-0.39, 0.29) is 6.61 Å². The molecule has 0 radical (unpaired) electrons. The lowest BCUT2D eigenvalue weighted by molar-refractivity contribution is 0.299. The van der Waals surface area contributed by atoms with Crippen molar-refractivity contribution in [2.45, 2.75) is 13.3 Å². The van der Waals surface area contributed by atoms with Crippen molar-refractivity contribution in [3.05, 3.63) is 29.6 Å². The van der Waals surface area contributed by atoms with Gasteiger partial charge in [-0.15, -0.1) is 0 Å². The third-order valence-electron chi connectivity index (χ3n) is 1.52. The SMILES string of the molecule is Cc1cnccc1CCO. The Hall–Kier alpha value is -0.890. The molecule has 0 aliphatic rings. The highest BCUT2D eigenvalue weighted by molar-refractivity contribution is 5.21. The monoisotopic (exact) mass is 137 g/mol. The van der Waals surface area contributed by atoms with Crippen LogP contribution in [0.2, 0.25) is 0 Å². The van der Waals surface area contributed by atoms with E-state index in [1.54, 1.807) is 6.20 Å². The van der Waals surface area contributed by atoms with E-state index >= 15 is 0 Å². The van der Waals surface area contributed by atoms with Gasteiger partial charge in [-0.05, 0) is 30.5 Å². The molecule has 0 amide bonds. The number of aliphatic hydroxyl groups is 1. The van der Waals surface area contributed by atoms with Crippen LogP contribution < -0.4 is 0 Å². The minimum absolute atomic E-state index is 0.213. The Morgan fingerprint density at radius 3 is 3.00 bits per heavy atom. The summed E-state index contributed by atoms with van der Waals surface area (Å²) in [5, 5.41) is 8.62. The molecule has 0 saturated carbocycles. The summed E-state index contributed by atoms with van der Waals surface area (Å²) >= 11 is 0. The minimum Gasteiger partial charge on any atom is -0.396 e. The predicted octanol–water partition coefficient (Wildman–Crippen LogP) is 0.925. The van der Waals surface area contributed by atoms with Gasteiger partial charge < -0.3 is 5.11 Å². The van der Waals surface area contributed by atoms with Crippen LogP contribution in [-0.2, 0) is 6.42 Å². The van der Waals surface area contributed by atoms with Crippen molar-refractivity contribution in [1.29, 1.82) is 0 Å². The first-order valence-corrected chi connectivity index (χ1v) is 3.35. The van der Waals surface area contributed by atoms with Crippen molar-refractivity contribution in [2.75, 3.05) is 6.61 Å². The topological polar surface area (TPSA) is 33.1 Å². The number of rotatable bonds is 2. The Kier molecular flexibility index (Phi) is 2.40. The average molecular weight is 137 g/mol. The number of aryl methyl sites for hydroxylation is 1. The molecular weight excluding hydrogens is 126 g/mol. The molecule has 1 N–H and O–H groups in total. The van der Waals surface area contributed by atoms with Crippen molar-refractivity contribution >= 4 is 0 Å². The fraction of sp³-hybridized carbons (Fsp3) is 0.375. The van der Waals surface area contributed by atoms with Crippen molar-refractivity contribution in [2.24, 2.45) is 0 Å². The maximum Gasteiger partial charge on any atom is 0.0471 e. The number of hydrogen-bond donors (Lipinski definition) is 1. The molecule has 0 fully saturated rings. The van der Waals surface area contributed by atoms with Gasteiger partial charge in [-0.1, -0.05) is 0 Å². The Morgan fingerprint density at radius 1 is 1.60 bits per heavy atom. The van der Waals surface area contributed by atoms with Crippen LogP contribution in [0.4, 0.5) is 0 Å². The minimum atomic E-state index is 0.213. The third-order valence-corrected chi connectivity index (χ3v) is 1.52. The van der Waals surface area contributed by atoms with E-state index in [1.807, 2.05) is 19.2 Å². The summed E-state index contributed by atoms with van der Waals surface area (Å²) in [6, 6.07) is 1.94. The highest BCUT2D eigenvalue weighted by atomic mass is 16.2. The predicted molar refractivity (Wildman–Crippen MR) is 39.8 cm³/mol. The molecule has 0 saturated heterocycles. The number of pyridine rings is 1. The van der Waals surface area contributed by atoms with Crippen LogP contribution in [0.1, 0.15) is 11.1 Å². The Balaban J connectivity index is 2.81. The number of hydrogen-bond acceptors (Lipinski definition) is 2. The lowest BCUT2D eigenvalue weighted by Gasteiger charge is -2.00. The van der Waals surface area contributed by atoms with Crippen LogP contribution in [0.15, 0.2) is 18.5 Å². The highest BCUT2D eigenvalue weighted by Gasteiger charge is 1.93. The molecular formula is C8H11NO. The van der Waals surface area contributed by atoms with Gasteiger partial charge >= 0.3 is 0 Å². The van der Waals surface area contributed by atoms with E-state index in [2.05, 4.69) is 4.98 Å². The molecule has 0 spiro atoms. The zero-order valence-electron chi connectivity index (χ0n) is 6.04. The first kappa shape index (κ1) is 7.22. The molecule has 0 aromatic carbocycles. The third kappa shape index (κ3) is 1.54. The first-order chi connectivity index (χ1) is 4.84. The van der Waals surface area contributed by atoms with Gasteiger partial charge in [-0.3, -0.25) is 4.98 Å². The van der Waals surface area contributed by atoms with Gasteiger partial charge in [0.15, 0.2) is 0 Å². The van der Waals surface area contributed by atoms with Crippen LogP contribution in [0.3, 0.4) is 0 Å². The van der Waals surface area contributed by atoms with Gasteiger partial charge in [-0.2, -0.15) is 0 Å². The summed E-state index contributed by atoms with van der Waals surface area (Å²) in [7, 11) is 0. The second-order valence-electron chi connectivity index (χ2n) is 2.28. The summed E-state index contributed by atoms with van der Waals surface area (Å²) in [6.07, 6.45) is 4.29. The van der Waals surface area contributed by atoms with E-state index in [4.69, 9.17) is 5.11 Å². The summed E-state index contributed by atoms with van der Waals surface area (Å²) in [5.41, 5.74) is 2.33. The standard InChI is InChI=1S/C8H11NO/c1-7-6-9-4-2-8(7)3-5-10/h2,4,6,10H,3,5H2,1H3. The summed E-state index contributed by atoms with van der Waals surface area (Å²) in [4.78, 5) is 3.95. The zero-order valence-corrected chi connectivity index (χ0v) is 6.04. The molecule has 1 rings (SSSR count). The Labute approximate surface area is 60.5 Å². The molecule has 0 atom stereocenters. The van der Waals surface area contributed by atoms with Gasteiger partial charge in [0.2, 0.25) is 0 Å². The van der Waals surface area contributed by atoms with Crippen LogP contribution in [0.25, 0.3) is 0 Å². The normalized spacial score (nSPS) is 9.80. The first-order valence-electron chi connectivity index (χ1n) is 3.35. The lowest BCUT2D eigenvalue weighted by atomic mass is 10.1. The largest absolute Gasteiger partial charge is 0.396 e. The maximum absolute atomic E-state index is 8.62. The van der Waals surface area contributed by atoms with E-state index in [0.717, 1.165) is 12.0 Å². The molecule has 0 aliphatic heterocycles. The van der Waals surface area contributed by atoms with E-state index < -0.39 is 0 Å². The van der Waals surface area contributed by atoms with Gasteiger partial charge in [-0.25, -0.2) is 0 Å².